The molecule has 1 saturated carbocycles. The van der Waals surface area contributed by atoms with Gasteiger partial charge in [0.1, 0.15) is 0 Å². The molecule has 0 spiro atoms. The molecule has 3 nitrogen and oxygen atoms in total. The lowest BCUT2D eigenvalue weighted by Crippen LogP contribution is -2.34. The van der Waals surface area contributed by atoms with Gasteiger partial charge in [-0.15, -0.1) is 0 Å². The highest BCUT2D eigenvalue weighted by Gasteiger charge is 2.25. The zero-order valence-corrected chi connectivity index (χ0v) is 9.13. The molecular weight excluding hydrogens is 174 g/mol. The maximum Gasteiger partial charge on any atom is 0.0963 e. The largest absolute Gasteiger partial charge is 0.373 e. The Bertz CT molecular complexity index is 209. The molecule has 0 aromatic heterocycles. The SMILES string of the molecule is CN(CCNC1=NCCCC1)C1CC1. The number of rotatable bonds is 4. The highest BCUT2D eigenvalue weighted by Crippen LogP contribution is 2.24. The summed E-state index contributed by atoms with van der Waals surface area (Å²) < 4.78 is 0. The Kier molecular flexibility index (Phi) is 3.40. The van der Waals surface area contributed by atoms with Gasteiger partial charge in [0, 0.05) is 32.1 Å². The van der Waals surface area contributed by atoms with Crippen LogP contribution >= 0.6 is 0 Å². The Labute approximate surface area is 86.6 Å². The first-order chi connectivity index (χ1) is 6.86. The summed E-state index contributed by atoms with van der Waals surface area (Å²) in [7, 11) is 2.22. The molecule has 0 radical (unpaired) electrons. The molecule has 3 heteroatoms. The average Bonchev–Trinajstić information content (AvgIpc) is 3.02. The van der Waals surface area contributed by atoms with E-state index in [1.54, 1.807) is 0 Å². The van der Waals surface area contributed by atoms with Gasteiger partial charge in [-0.25, -0.2) is 0 Å². The van der Waals surface area contributed by atoms with Gasteiger partial charge < -0.3 is 10.2 Å². The van der Waals surface area contributed by atoms with E-state index in [-0.39, 0.29) is 0 Å². The molecule has 2 aliphatic rings. The van der Waals surface area contributed by atoms with E-state index in [9.17, 15) is 0 Å². The third-order valence-corrected chi connectivity index (χ3v) is 3.09. The standard InChI is InChI=1S/C11H21N3/c1-14(10-5-6-10)9-8-13-11-4-2-3-7-12-11/h10H,2-9H2,1H3,(H,12,13). The molecule has 1 aliphatic heterocycles. The van der Waals surface area contributed by atoms with Gasteiger partial charge in [0.25, 0.3) is 0 Å². The predicted molar refractivity (Wildman–Crippen MR) is 59.8 cm³/mol. The summed E-state index contributed by atoms with van der Waals surface area (Å²) in [6.07, 6.45) is 6.54. The molecule has 2 rings (SSSR count). The predicted octanol–water partition coefficient (Wildman–Crippen LogP) is 1.25. The van der Waals surface area contributed by atoms with Crippen LogP contribution in [0.2, 0.25) is 0 Å². The summed E-state index contributed by atoms with van der Waals surface area (Å²) in [4.78, 5) is 6.93. The van der Waals surface area contributed by atoms with Crippen molar-refractivity contribution < 1.29 is 0 Å². The topological polar surface area (TPSA) is 27.6 Å². The highest BCUT2D eigenvalue weighted by atomic mass is 15.2. The number of hydrogen-bond donors (Lipinski definition) is 1. The van der Waals surface area contributed by atoms with Crippen LogP contribution in [0.5, 0.6) is 0 Å². The van der Waals surface area contributed by atoms with E-state index >= 15 is 0 Å². The first kappa shape index (κ1) is 9.97. The Morgan fingerprint density at radius 2 is 2.29 bits per heavy atom. The quantitative estimate of drug-likeness (QED) is 0.731. The van der Waals surface area contributed by atoms with E-state index in [1.165, 1.54) is 31.5 Å². The number of amidine groups is 1. The molecule has 0 bridgehead atoms. The minimum absolute atomic E-state index is 0.880. The summed E-state index contributed by atoms with van der Waals surface area (Å²) >= 11 is 0. The van der Waals surface area contributed by atoms with Crippen LogP contribution in [-0.2, 0) is 0 Å². The molecule has 1 aliphatic carbocycles. The first-order valence-electron chi connectivity index (χ1n) is 5.84. The smallest absolute Gasteiger partial charge is 0.0963 e. The van der Waals surface area contributed by atoms with Crippen LogP contribution in [-0.4, -0.2) is 43.5 Å². The van der Waals surface area contributed by atoms with Crippen molar-refractivity contribution in [2.75, 3.05) is 26.7 Å². The lowest BCUT2D eigenvalue weighted by molar-refractivity contribution is 0.328. The van der Waals surface area contributed by atoms with Crippen molar-refractivity contribution in [1.82, 2.24) is 10.2 Å². The molecule has 1 N–H and O–H groups in total. The van der Waals surface area contributed by atoms with Crippen molar-refractivity contribution in [3.05, 3.63) is 0 Å². The Morgan fingerprint density at radius 1 is 1.43 bits per heavy atom. The van der Waals surface area contributed by atoms with Crippen molar-refractivity contribution in [2.45, 2.75) is 38.1 Å². The molecule has 1 fully saturated rings. The van der Waals surface area contributed by atoms with Crippen LogP contribution in [0.15, 0.2) is 4.99 Å². The van der Waals surface area contributed by atoms with E-state index in [2.05, 4.69) is 22.3 Å². The van der Waals surface area contributed by atoms with Gasteiger partial charge >= 0.3 is 0 Å². The summed E-state index contributed by atoms with van der Waals surface area (Å²) in [5, 5.41) is 3.44. The maximum absolute atomic E-state index is 4.47. The number of aliphatic imine (C=N–C) groups is 1. The molecular formula is C11H21N3. The van der Waals surface area contributed by atoms with Crippen molar-refractivity contribution in [1.29, 1.82) is 0 Å². The van der Waals surface area contributed by atoms with E-state index in [0.717, 1.165) is 32.1 Å². The van der Waals surface area contributed by atoms with Crippen LogP contribution in [0, 0.1) is 0 Å². The lowest BCUT2D eigenvalue weighted by atomic mass is 10.2. The molecule has 1 heterocycles. The lowest BCUT2D eigenvalue weighted by Gasteiger charge is -2.18. The third-order valence-electron chi connectivity index (χ3n) is 3.09. The summed E-state index contributed by atoms with van der Waals surface area (Å²) in [6, 6.07) is 0.880. The fourth-order valence-electron chi connectivity index (χ4n) is 1.92. The van der Waals surface area contributed by atoms with Gasteiger partial charge in [-0.1, -0.05) is 0 Å². The van der Waals surface area contributed by atoms with Crippen molar-refractivity contribution in [2.24, 2.45) is 4.99 Å². The minimum atomic E-state index is 0.880. The van der Waals surface area contributed by atoms with Gasteiger partial charge in [-0.2, -0.15) is 0 Å². The van der Waals surface area contributed by atoms with E-state index in [4.69, 9.17) is 0 Å². The first-order valence-corrected chi connectivity index (χ1v) is 5.84. The monoisotopic (exact) mass is 195 g/mol. The average molecular weight is 195 g/mol. The van der Waals surface area contributed by atoms with Crippen LogP contribution in [0.4, 0.5) is 0 Å². The van der Waals surface area contributed by atoms with E-state index < -0.39 is 0 Å². The molecule has 0 amide bonds. The molecule has 14 heavy (non-hydrogen) atoms. The molecule has 80 valence electrons. The van der Waals surface area contributed by atoms with Crippen molar-refractivity contribution in [3.63, 3.8) is 0 Å². The Morgan fingerprint density at radius 3 is 2.93 bits per heavy atom. The van der Waals surface area contributed by atoms with Crippen LogP contribution < -0.4 is 5.32 Å². The fourth-order valence-corrected chi connectivity index (χ4v) is 1.92. The van der Waals surface area contributed by atoms with Crippen molar-refractivity contribution >= 4 is 5.84 Å². The zero-order valence-electron chi connectivity index (χ0n) is 9.13. The normalized spacial score (nSPS) is 22.3. The molecule has 0 aromatic carbocycles. The van der Waals surface area contributed by atoms with E-state index in [0.29, 0.717) is 0 Å². The van der Waals surface area contributed by atoms with Gasteiger partial charge in [-0.3, -0.25) is 4.99 Å². The van der Waals surface area contributed by atoms with Gasteiger partial charge in [0.15, 0.2) is 0 Å². The van der Waals surface area contributed by atoms with Crippen molar-refractivity contribution in [3.8, 4) is 0 Å². The zero-order chi connectivity index (χ0) is 9.80. The van der Waals surface area contributed by atoms with Crippen LogP contribution in [0.3, 0.4) is 0 Å². The highest BCUT2D eigenvalue weighted by molar-refractivity contribution is 5.82. The minimum Gasteiger partial charge on any atom is -0.373 e. The second-order valence-corrected chi connectivity index (χ2v) is 4.42. The summed E-state index contributed by atoms with van der Waals surface area (Å²) in [5.74, 6) is 1.24. The Hall–Kier alpha value is -0.570. The molecule has 0 atom stereocenters. The van der Waals surface area contributed by atoms with E-state index in [1.807, 2.05) is 0 Å². The molecule has 0 aromatic rings. The molecule has 0 saturated heterocycles. The third kappa shape index (κ3) is 2.98. The number of nitrogens with zero attached hydrogens (tertiary/aromatic N) is 2. The second-order valence-electron chi connectivity index (χ2n) is 4.42. The number of hydrogen-bond acceptors (Lipinski definition) is 3. The summed E-state index contributed by atoms with van der Waals surface area (Å²) in [5.41, 5.74) is 0. The van der Waals surface area contributed by atoms with Crippen LogP contribution in [0.25, 0.3) is 0 Å². The van der Waals surface area contributed by atoms with Gasteiger partial charge in [0.2, 0.25) is 0 Å². The van der Waals surface area contributed by atoms with Gasteiger partial charge in [0.05, 0.1) is 5.84 Å². The second kappa shape index (κ2) is 4.78. The Balaban J connectivity index is 1.59. The maximum atomic E-state index is 4.47. The summed E-state index contributed by atoms with van der Waals surface area (Å²) in [6.45, 7) is 3.25. The number of likely N-dealkylation sites (N-methyl/N-ethyl adjacent to an activating group) is 1. The molecule has 0 unspecified atom stereocenters. The van der Waals surface area contributed by atoms with Crippen LogP contribution in [0.1, 0.15) is 32.1 Å². The van der Waals surface area contributed by atoms with Gasteiger partial charge in [-0.05, 0) is 32.7 Å². The fraction of sp³-hybridized carbons (Fsp3) is 0.909. The number of nitrogens with one attached hydrogen (secondary N) is 1.